The molecule has 1 saturated heterocycles. The van der Waals surface area contributed by atoms with Crippen molar-refractivity contribution in [2.45, 2.75) is 39.2 Å². The number of carbonyl (C=O) groups excluding carboxylic acids is 1. The maximum Gasteiger partial charge on any atom is 0.328 e. The van der Waals surface area contributed by atoms with Gasteiger partial charge >= 0.3 is 12.0 Å². The molecule has 0 aromatic carbocycles. The van der Waals surface area contributed by atoms with Crippen molar-refractivity contribution < 1.29 is 14.7 Å². The van der Waals surface area contributed by atoms with Crippen LogP contribution in [0.25, 0.3) is 0 Å². The molecule has 0 aromatic rings. The van der Waals surface area contributed by atoms with Crippen molar-refractivity contribution in [3.05, 3.63) is 0 Å². The number of aliphatic carboxylic acids is 1. The van der Waals surface area contributed by atoms with Gasteiger partial charge in [0.2, 0.25) is 0 Å². The highest BCUT2D eigenvalue weighted by molar-refractivity contribution is 5.85. The second-order valence-corrected chi connectivity index (χ2v) is 5.88. The largest absolute Gasteiger partial charge is 0.480 e. The molecule has 1 unspecified atom stereocenters. The third-order valence-electron chi connectivity index (χ3n) is 3.34. The Bertz CT molecular complexity index is 325. The Morgan fingerprint density at radius 3 is 2.42 bits per heavy atom. The van der Waals surface area contributed by atoms with Crippen LogP contribution in [0.4, 0.5) is 4.79 Å². The summed E-state index contributed by atoms with van der Waals surface area (Å²) in [5, 5.41) is 14.1. The van der Waals surface area contributed by atoms with Gasteiger partial charge in [0.1, 0.15) is 5.54 Å². The molecule has 1 fully saturated rings. The van der Waals surface area contributed by atoms with Crippen LogP contribution in [-0.2, 0) is 4.79 Å². The van der Waals surface area contributed by atoms with Gasteiger partial charge in [-0.15, -0.1) is 0 Å². The zero-order valence-electron chi connectivity index (χ0n) is 12.0. The number of carboxylic acids is 1. The number of nitrogens with one attached hydrogen (secondary N) is 2. The highest BCUT2D eigenvalue weighted by Gasteiger charge is 2.28. The minimum Gasteiger partial charge on any atom is -0.480 e. The quantitative estimate of drug-likeness (QED) is 0.670. The Morgan fingerprint density at radius 2 is 1.89 bits per heavy atom. The molecule has 1 aliphatic heterocycles. The number of nitrogens with zero attached hydrogens (tertiary/aromatic N) is 1. The third-order valence-corrected chi connectivity index (χ3v) is 3.34. The zero-order chi connectivity index (χ0) is 14.5. The maximum absolute atomic E-state index is 11.6. The van der Waals surface area contributed by atoms with Crippen LogP contribution in [0.15, 0.2) is 0 Å². The van der Waals surface area contributed by atoms with Gasteiger partial charge in [-0.3, -0.25) is 0 Å². The first-order valence-corrected chi connectivity index (χ1v) is 6.83. The molecular formula is C13H25N3O3. The van der Waals surface area contributed by atoms with E-state index in [1.165, 1.54) is 26.7 Å². The summed E-state index contributed by atoms with van der Waals surface area (Å²) in [6.07, 6.45) is 2.51. The van der Waals surface area contributed by atoms with E-state index in [2.05, 4.69) is 22.5 Å². The molecule has 0 saturated carbocycles. The van der Waals surface area contributed by atoms with E-state index < -0.39 is 17.5 Å². The lowest BCUT2D eigenvalue weighted by Gasteiger charge is -2.23. The number of carboxylic acid groups (broad SMARTS) is 1. The van der Waals surface area contributed by atoms with Gasteiger partial charge < -0.3 is 20.6 Å². The monoisotopic (exact) mass is 271 g/mol. The lowest BCUT2D eigenvalue weighted by Crippen LogP contribution is -2.53. The van der Waals surface area contributed by atoms with Crippen LogP contribution in [-0.4, -0.2) is 53.7 Å². The summed E-state index contributed by atoms with van der Waals surface area (Å²) in [7, 11) is 0. The van der Waals surface area contributed by atoms with Gasteiger partial charge in [0.25, 0.3) is 0 Å². The van der Waals surface area contributed by atoms with E-state index >= 15 is 0 Å². The minimum absolute atomic E-state index is 0.358. The molecule has 1 atom stereocenters. The zero-order valence-corrected chi connectivity index (χ0v) is 12.0. The van der Waals surface area contributed by atoms with Crippen LogP contribution in [0.5, 0.6) is 0 Å². The number of carbonyl (C=O) groups is 2. The van der Waals surface area contributed by atoms with Gasteiger partial charge in [0.15, 0.2) is 0 Å². The summed E-state index contributed by atoms with van der Waals surface area (Å²) in [6, 6.07) is -0.430. The summed E-state index contributed by atoms with van der Waals surface area (Å²) in [5.74, 6) is -0.690. The Labute approximate surface area is 114 Å². The number of likely N-dealkylation sites (tertiary alicyclic amines) is 1. The molecule has 0 aromatic heterocycles. The molecule has 110 valence electrons. The second kappa shape index (κ2) is 6.75. The number of hydrogen-bond acceptors (Lipinski definition) is 3. The van der Waals surface area contributed by atoms with E-state index in [-0.39, 0.29) is 0 Å². The van der Waals surface area contributed by atoms with E-state index in [4.69, 9.17) is 5.11 Å². The molecule has 0 spiro atoms. The summed E-state index contributed by atoms with van der Waals surface area (Å²) in [6.45, 7) is 8.82. The van der Waals surface area contributed by atoms with Crippen LogP contribution in [0.3, 0.4) is 0 Å². The summed E-state index contributed by atoms with van der Waals surface area (Å²) < 4.78 is 0. The van der Waals surface area contributed by atoms with Gasteiger partial charge in [-0.1, -0.05) is 6.92 Å². The highest BCUT2D eigenvalue weighted by Crippen LogP contribution is 2.09. The molecule has 6 nitrogen and oxygen atoms in total. The molecule has 3 N–H and O–H groups in total. The van der Waals surface area contributed by atoms with Crippen molar-refractivity contribution in [3.63, 3.8) is 0 Å². The van der Waals surface area contributed by atoms with Crippen LogP contribution >= 0.6 is 0 Å². The van der Waals surface area contributed by atoms with Crippen molar-refractivity contribution in [2.24, 2.45) is 5.92 Å². The molecular weight excluding hydrogens is 246 g/mol. The molecule has 2 amide bonds. The van der Waals surface area contributed by atoms with Crippen molar-refractivity contribution in [2.75, 3.05) is 26.2 Å². The first-order chi connectivity index (χ1) is 8.81. The molecule has 0 aliphatic carbocycles. The highest BCUT2D eigenvalue weighted by atomic mass is 16.4. The van der Waals surface area contributed by atoms with Gasteiger partial charge in [0.05, 0.1) is 0 Å². The summed E-state index contributed by atoms with van der Waals surface area (Å²) in [4.78, 5) is 24.9. The number of urea groups is 1. The lowest BCUT2D eigenvalue weighted by atomic mass is 10.1. The second-order valence-electron chi connectivity index (χ2n) is 5.88. The molecule has 0 bridgehead atoms. The normalized spacial score (nSPS) is 18.1. The molecule has 19 heavy (non-hydrogen) atoms. The lowest BCUT2D eigenvalue weighted by molar-refractivity contribution is -0.142. The first kappa shape index (κ1) is 15.8. The Kier molecular flexibility index (Phi) is 5.60. The van der Waals surface area contributed by atoms with Crippen LogP contribution in [0.2, 0.25) is 0 Å². The van der Waals surface area contributed by atoms with Gasteiger partial charge in [-0.05, 0) is 45.7 Å². The standard InChI is InChI=1S/C13H25N3O3/c1-10(9-16-6-4-5-7-16)8-14-12(19)15-13(2,3)11(17)18/h10H,4-9H2,1-3H3,(H,17,18)(H2,14,15,19). The van der Waals surface area contributed by atoms with Gasteiger partial charge in [-0.2, -0.15) is 0 Å². The SMILES string of the molecule is CC(CNC(=O)NC(C)(C)C(=O)O)CN1CCCC1. The summed E-state index contributed by atoms with van der Waals surface area (Å²) >= 11 is 0. The minimum atomic E-state index is -1.25. The fourth-order valence-corrected chi connectivity index (χ4v) is 2.12. The van der Waals surface area contributed by atoms with E-state index in [0.29, 0.717) is 12.5 Å². The Balaban J connectivity index is 2.23. The number of hydrogen-bond donors (Lipinski definition) is 3. The van der Waals surface area contributed by atoms with E-state index in [1.54, 1.807) is 0 Å². The number of rotatable bonds is 6. The third kappa shape index (κ3) is 5.46. The summed E-state index contributed by atoms with van der Waals surface area (Å²) in [5.41, 5.74) is -1.25. The molecule has 6 heteroatoms. The van der Waals surface area contributed by atoms with Gasteiger partial charge in [-0.25, -0.2) is 9.59 Å². The van der Waals surface area contributed by atoms with Crippen LogP contribution < -0.4 is 10.6 Å². The Hall–Kier alpha value is -1.30. The van der Waals surface area contributed by atoms with E-state index in [9.17, 15) is 9.59 Å². The number of amides is 2. The van der Waals surface area contributed by atoms with Crippen molar-refractivity contribution >= 4 is 12.0 Å². The van der Waals surface area contributed by atoms with E-state index in [0.717, 1.165) is 19.6 Å². The predicted octanol–water partition coefficient (Wildman–Crippen LogP) is 0.881. The fourth-order valence-electron chi connectivity index (χ4n) is 2.12. The smallest absolute Gasteiger partial charge is 0.328 e. The molecule has 1 heterocycles. The van der Waals surface area contributed by atoms with Crippen molar-refractivity contribution in [1.82, 2.24) is 15.5 Å². The average molecular weight is 271 g/mol. The average Bonchev–Trinajstić information content (AvgIpc) is 2.78. The van der Waals surface area contributed by atoms with Crippen LogP contribution in [0.1, 0.15) is 33.6 Å². The topological polar surface area (TPSA) is 81.7 Å². The fraction of sp³-hybridized carbons (Fsp3) is 0.846. The van der Waals surface area contributed by atoms with Crippen molar-refractivity contribution in [3.8, 4) is 0 Å². The van der Waals surface area contributed by atoms with Crippen LogP contribution in [0, 0.1) is 5.92 Å². The molecule has 1 aliphatic rings. The first-order valence-electron chi connectivity index (χ1n) is 6.83. The van der Waals surface area contributed by atoms with E-state index in [1.807, 2.05) is 0 Å². The predicted molar refractivity (Wildman–Crippen MR) is 73.1 cm³/mol. The Morgan fingerprint density at radius 1 is 1.32 bits per heavy atom. The molecule has 1 rings (SSSR count). The molecule has 0 radical (unpaired) electrons. The maximum atomic E-state index is 11.6. The van der Waals surface area contributed by atoms with Gasteiger partial charge in [0, 0.05) is 13.1 Å². The van der Waals surface area contributed by atoms with Crippen molar-refractivity contribution in [1.29, 1.82) is 0 Å².